The molecule has 0 aliphatic rings. The largest absolute Gasteiger partial charge is 0.493 e. The van der Waals surface area contributed by atoms with Gasteiger partial charge in [-0.05, 0) is 37.6 Å². The highest BCUT2D eigenvalue weighted by Crippen LogP contribution is 2.27. The van der Waals surface area contributed by atoms with Crippen molar-refractivity contribution in [3.05, 3.63) is 42.2 Å². The van der Waals surface area contributed by atoms with Gasteiger partial charge in [0.25, 0.3) is 0 Å². The first kappa shape index (κ1) is 15.4. The summed E-state index contributed by atoms with van der Waals surface area (Å²) in [6.07, 6.45) is 3.79. The van der Waals surface area contributed by atoms with Gasteiger partial charge < -0.3 is 14.8 Å². The van der Waals surface area contributed by atoms with Gasteiger partial charge in [-0.2, -0.15) is 5.10 Å². The molecule has 0 bridgehead atoms. The lowest BCUT2D eigenvalue weighted by molar-refractivity contribution is 0.352. The number of methoxy groups -OCH3 is 2. The van der Waals surface area contributed by atoms with Crippen molar-refractivity contribution < 1.29 is 9.47 Å². The Labute approximate surface area is 125 Å². The molecule has 2 aromatic rings. The summed E-state index contributed by atoms with van der Waals surface area (Å²) < 4.78 is 12.5. The Morgan fingerprint density at radius 1 is 1.19 bits per heavy atom. The van der Waals surface area contributed by atoms with Crippen molar-refractivity contribution >= 4 is 0 Å². The van der Waals surface area contributed by atoms with Crippen LogP contribution >= 0.6 is 0 Å². The van der Waals surface area contributed by atoms with Crippen LogP contribution in [0.5, 0.6) is 11.5 Å². The van der Waals surface area contributed by atoms with E-state index in [1.54, 1.807) is 20.4 Å². The molecule has 5 heteroatoms. The molecule has 2 rings (SSSR count). The van der Waals surface area contributed by atoms with Crippen molar-refractivity contribution in [3.63, 3.8) is 0 Å². The van der Waals surface area contributed by atoms with Crippen molar-refractivity contribution in [2.24, 2.45) is 0 Å². The van der Waals surface area contributed by atoms with Crippen molar-refractivity contribution in [2.45, 2.75) is 32.5 Å². The Morgan fingerprint density at radius 2 is 1.95 bits per heavy atom. The minimum absolute atomic E-state index is 0.292. The first-order chi connectivity index (χ1) is 10.2. The summed E-state index contributed by atoms with van der Waals surface area (Å²) >= 11 is 0. The third kappa shape index (κ3) is 3.76. The van der Waals surface area contributed by atoms with Crippen LogP contribution in [0.3, 0.4) is 0 Å². The standard InChI is InChI=1S/C16H23N3O2/c1-12(13(2)19-9-5-8-18-19)17-11-14-6-7-15(20-3)16(10-14)21-4/h5-10,12-13,17H,11H2,1-4H3/t12-,13-/m0/s1. The van der Waals surface area contributed by atoms with Gasteiger partial charge >= 0.3 is 0 Å². The first-order valence-electron chi connectivity index (χ1n) is 7.09. The highest BCUT2D eigenvalue weighted by atomic mass is 16.5. The molecule has 0 spiro atoms. The molecular weight excluding hydrogens is 266 g/mol. The lowest BCUT2D eigenvalue weighted by atomic mass is 10.1. The maximum absolute atomic E-state index is 5.32. The van der Waals surface area contributed by atoms with Gasteiger partial charge in [0.2, 0.25) is 0 Å². The van der Waals surface area contributed by atoms with Crippen molar-refractivity contribution in [1.29, 1.82) is 0 Å². The molecule has 1 aromatic heterocycles. The number of nitrogens with one attached hydrogen (secondary N) is 1. The molecule has 21 heavy (non-hydrogen) atoms. The molecule has 0 saturated carbocycles. The van der Waals surface area contributed by atoms with Gasteiger partial charge in [-0.1, -0.05) is 6.07 Å². The van der Waals surface area contributed by atoms with E-state index in [0.717, 1.165) is 23.6 Å². The van der Waals surface area contributed by atoms with Crippen LogP contribution in [-0.2, 0) is 6.54 Å². The van der Waals surface area contributed by atoms with E-state index in [1.807, 2.05) is 35.1 Å². The van der Waals surface area contributed by atoms with E-state index in [4.69, 9.17) is 9.47 Å². The summed E-state index contributed by atoms with van der Waals surface area (Å²) in [4.78, 5) is 0. The van der Waals surface area contributed by atoms with Gasteiger partial charge in [0, 0.05) is 25.0 Å². The van der Waals surface area contributed by atoms with E-state index in [1.165, 1.54) is 0 Å². The molecule has 1 aromatic carbocycles. The van der Waals surface area contributed by atoms with Gasteiger partial charge in [0.15, 0.2) is 11.5 Å². The summed E-state index contributed by atoms with van der Waals surface area (Å²) in [6, 6.07) is 8.50. The van der Waals surface area contributed by atoms with Crippen molar-refractivity contribution in [3.8, 4) is 11.5 Å². The van der Waals surface area contributed by atoms with Crippen molar-refractivity contribution in [1.82, 2.24) is 15.1 Å². The molecule has 2 atom stereocenters. The SMILES string of the molecule is COc1ccc(CN[C@@H](C)[C@H](C)n2cccn2)cc1OC. The van der Waals surface area contributed by atoms with E-state index in [-0.39, 0.29) is 0 Å². The zero-order valence-corrected chi connectivity index (χ0v) is 13.0. The summed E-state index contributed by atoms with van der Waals surface area (Å²) in [5.41, 5.74) is 1.16. The maximum atomic E-state index is 5.32. The highest BCUT2D eigenvalue weighted by molar-refractivity contribution is 5.42. The lowest BCUT2D eigenvalue weighted by Gasteiger charge is -2.22. The van der Waals surface area contributed by atoms with Crippen molar-refractivity contribution in [2.75, 3.05) is 14.2 Å². The fourth-order valence-electron chi connectivity index (χ4n) is 2.19. The molecule has 114 valence electrons. The molecule has 0 aliphatic carbocycles. The fourth-order valence-corrected chi connectivity index (χ4v) is 2.19. The first-order valence-corrected chi connectivity index (χ1v) is 7.09. The van der Waals surface area contributed by atoms with Crippen LogP contribution in [0.15, 0.2) is 36.7 Å². The van der Waals surface area contributed by atoms with Crippen LogP contribution in [-0.4, -0.2) is 30.0 Å². The Hall–Kier alpha value is -2.01. The van der Waals surface area contributed by atoms with Gasteiger partial charge in [-0.15, -0.1) is 0 Å². The molecule has 0 radical (unpaired) electrons. The number of nitrogens with zero attached hydrogens (tertiary/aromatic N) is 2. The predicted octanol–water partition coefficient (Wildman–Crippen LogP) is 2.64. The van der Waals surface area contributed by atoms with Crippen LogP contribution in [0.25, 0.3) is 0 Å². The normalized spacial score (nSPS) is 13.7. The second-order valence-electron chi connectivity index (χ2n) is 5.09. The topological polar surface area (TPSA) is 48.3 Å². The molecular formula is C16H23N3O2. The van der Waals surface area contributed by atoms with E-state index >= 15 is 0 Å². The molecule has 5 nitrogen and oxygen atoms in total. The molecule has 0 saturated heterocycles. The second kappa shape index (κ2) is 7.13. The van der Waals surface area contributed by atoms with Crippen LogP contribution in [0.1, 0.15) is 25.5 Å². The van der Waals surface area contributed by atoms with E-state index in [0.29, 0.717) is 12.1 Å². The zero-order valence-electron chi connectivity index (χ0n) is 13.0. The Balaban J connectivity index is 1.96. The Morgan fingerprint density at radius 3 is 2.57 bits per heavy atom. The average molecular weight is 289 g/mol. The minimum Gasteiger partial charge on any atom is -0.493 e. The van der Waals surface area contributed by atoms with Crippen LogP contribution in [0, 0.1) is 0 Å². The molecule has 1 N–H and O–H groups in total. The highest BCUT2D eigenvalue weighted by Gasteiger charge is 2.14. The zero-order chi connectivity index (χ0) is 15.2. The van der Waals surface area contributed by atoms with E-state index < -0.39 is 0 Å². The fraction of sp³-hybridized carbons (Fsp3) is 0.438. The predicted molar refractivity (Wildman–Crippen MR) is 82.8 cm³/mol. The van der Waals surface area contributed by atoms with Crippen LogP contribution in [0.4, 0.5) is 0 Å². The van der Waals surface area contributed by atoms with Gasteiger partial charge in [0.05, 0.1) is 20.3 Å². The lowest BCUT2D eigenvalue weighted by Crippen LogP contribution is -2.33. The number of hydrogen-bond donors (Lipinski definition) is 1. The smallest absolute Gasteiger partial charge is 0.161 e. The monoisotopic (exact) mass is 289 g/mol. The van der Waals surface area contributed by atoms with E-state index in [2.05, 4.69) is 24.3 Å². The van der Waals surface area contributed by atoms with Gasteiger partial charge in [-0.25, -0.2) is 0 Å². The Bertz CT molecular complexity index is 555. The summed E-state index contributed by atoms with van der Waals surface area (Å²) in [7, 11) is 3.29. The average Bonchev–Trinajstić information content (AvgIpc) is 3.05. The summed E-state index contributed by atoms with van der Waals surface area (Å²) in [6.45, 7) is 5.08. The molecule has 0 aliphatic heterocycles. The second-order valence-corrected chi connectivity index (χ2v) is 5.09. The number of aromatic nitrogens is 2. The number of benzene rings is 1. The maximum Gasteiger partial charge on any atom is 0.161 e. The van der Waals surface area contributed by atoms with Crippen LogP contribution < -0.4 is 14.8 Å². The third-order valence-electron chi connectivity index (χ3n) is 3.74. The third-order valence-corrected chi connectivity index (χ3v) is 3.74. The van der Waals surface area contributed by atoms with Crippen LogP contribution in [0.2, 0.25) is 0 Å². The number of ether oxygens (including phenoxy) is 2. The molecule has 0 amide bonds. The van der Waals surface area contributed by atoms with E-state index in [9.17, 15) is 0 Å². The Kier molecular flexibility index (Phi) is 5.22. The van der Waals surface area contributed by atoms with Gasteiger partial charge in [0.1, 0.15) is 0 Å². The summed E-state index contributed by atoms with van der Waals surface area (Å²) in [5, 5.41) is 7.80. The number of hydrogen-bond acceptors (Lipinski definition) is 4. The summed E-state index contributed by atoms with van der Waals surface area (Å²) in [5.74, 6) is 1.50. The quantitative estimate of drug-likeness (QED) is 0.851. The van der Waals surface area contributed by atoms with Gasteiger partial charge in [-0.3, -0.25) is 4.68 Å². The molecule has 0 unspecified atom stereocenters. The minimum atomic E-state index is 0.292. The number of rotatable bonds is 7. The molecule has 1 heterocycles. The molecule has 0 fully saturated rings.